The zero-order valence-electron chi connectivity index (χ0n) is 21.6. The third kappa shape index (κ3) is 7.56. The topological polar surface area (TPSA) is 149 Å². The highest BCUT2D eigenvalue weighted by atomic mass is 16.6. The Labute approximate surface area is 209 Å². The van der Waals surface area contributed by atoms with Crippen LogP contribution in [0.1, 0.15) is 40.2 Å². The fourth-order valence-electron chi connectivity index (χ4n) is 3.42. The maximum atomic E-state index is 12.9. The number of alkyl carbamates (subject to hydrolysis) is 1. The minimum absolute atomic E-state index is 0.00983. The van der Waals surface area contributed by atoms with E-state index in [-0.39, 0.29) is 17.9 Å². The van der Waals surface area contributed by atoms with Crippen molar-refractivity contribution in [1.82, 2.24) is 20.4 Å². The number of aliphatic carboxylic acids is 1. The van der Waals surface area contributed by atoms with Crippen LogP contribution in [-0.4, -0.2) is 57.7 Å². The van der Waals surface area contributed by atoms with E-state index >= 15 is 0 Å². The average molecular weight is 503 g/mol. The minimum Gasteiger partial charge on any atom is -0.494 e. The standard InChI is InChI=1S/C25H34N4O7/c1-14(2)20(28-24(34)36-25(3,4)5)21(30)27-17(23(32)33)12-15-8-10-16(11-9-15)19-18(35-7)13-26-29(6)22(19)31/h8-11,13-14,17,20H,12H2,1-7H3,(H,27,30)(H,28,34)(H,32,33)/t17-,20+/m0/s1. The van der Waals surface area contributed by atoms with E-state index in [1.54, 1.807) is 58.9 Å². The van der Waals surface area contributed by atoms with Crippen molar-refractivity contribution >= 4 is 18.0 Å². The van der Waals surface area contributed by atoms with Crippen molar-refractivity contribution in [3.63, 3.8) is 0 Å². The van der Waals surface area contributed by atoms with E-state index in [0.717, 1.165) is 0 Å². The van der Waals surface area contributed by atoms with Gasteiger partial charge in [-0.25, -0.2) is 14.3 Å². The summed E-state index contributed by atoms with van der Waals surface area (Å²) in [7, 11) is 2.97. The Hall–Kier alpha value is -3.89. The molecule has 196 valence electrons. The van der Waals surface area contributed by atoms with Crippen LogP contribution in [-0.2, 0) is 27.8 Å². The highest BCUT2D eigenvalue weighted by Gasteiger charge is 2.30. The second-order valence-electron chi connectivity index (χ2n) is 9.69. The summed E-state index contributed by atoms with van der Waals surface area (Å²) >= 11 is 0. The normalized spacial score (nSPS) is 13.0. The van der Waals surface area contributed by atoms with Gasteiger partial charge in [-0.2, -0.15) is 5.10 Å². The van der Waals surface area contributed by atoms with Gasteiger partial charge in [0.05, 0.1) is 18.9 Å². The molecule has 2 atom stereocenters. The predicted molar refractivity (Wildman–Crippen MR) is 133 cm³/mol. The largest absolute Gasteiger partial charge is 0.494 e. The first-order chi connectivity index (χ1) is 16.7. The molecule has 1 aromatic heterocycles. The maximum Gasteiger partial charge on any atom is 0.408 e. The van der Waals surface area contributed by atoms with Crippen LogP contribution < -0.4 is 20.9 Å². The second-order valence-corrected chi connectivity index (χ2v) is 9.69. The summed E-state index contributed by atoms with van der Waals surface area (Å²) in [6.07, 6.45) is 0.665. The number of hydrogen-bond donors (Lipinski definition) is 3. The molecular weight excluding hydrogens is 468 g/mol. The fourth-order valence-corrected chi connectivity index (χ4v) is 3.42. The lowest BCUT2D eigenvalue weighted by atomic mass is 9.99. The summed E-state index contributed by atoms with van der Waals surface area (Å²) < 4.78 is 11.7. The van der Waals surface area contributed by atoms with Gasteiger partial charge in [-0.15, -0.1) is 0 Å². The summed E-state index contributed by atoms with van der Waals surface area (Å²) in [6, 6.07) is 4.48. The monoisotopic (exact) mass is 502 g/mol. The number of ether oxygens (including phenoxy) is 2. The molecule has 0 radical (unpaired) electrons. The number of aromatic nitrogens is 2. The number of carbonyl (C=O) groups is 3. The highest BCUT2D eigenvalue weighted by Crippen LogP contribution is 2.25. The van der Waals surface area contributed by atoms with Crippen molar-refractivity contribution in [2.75, 3.05) is 7.11 Å². The van der Waals surface area contributed by atoms with Gasteiger partial charge in [-0.3, -0.25) is 9.59 Å². The Morgan fingerprint density at radius 2 is 1.72 bits per heavy atom. The first-order valence-corrected chi connectivity index (χ1v) is 11.5. The Morgan fingerprint density at radius 3 is 2.22 bits per heavy atom. The van der Waals surface area contributed by atoms with Crippen LogP contribution in [0.2, 0.25) is 0 Å². The van der Waals surface area contributed by atoms with Crippen molar-refractivity contribution in [2.24, 2.45) is 13.0 Å². The molecule has 0 saturated heterocycles. The molecule has 2 rings (SSSR count). The van der Waals surface area contributed by atoms with E-state index in [1.807, 2.05) is 0 Å². The lowest BCUT2D eigenvalue weighted by Gasteiger charge is -2.26. The lowest BCUT2D eigenvalue weighted by Crippen LogP contribution is -2.54. The van der Waals surface area contributed by atoms with E-state index in [2.05, 4.69) is 15.7 Å². The number of amides is 2. The molecule has 0 spiro atoms. The Bertz CT molecular complexity index is 1150. The summed E-state index contributed by atoms with van der Waals surface area (Å²) in [5.74, 6) is -1.86. The molecule has 36 heavy (non-hydrogen) atoms. The first kappa shape index (κ1) is 28.3. The summed E-state index contributed by atoms with van der Waals surface area (Å²) in [4.78, 5) is 49.5. The molecule has 2 aromatic rings. The third-order valence-corrected chi connectivity index (χ3v) is 5.24. The smallest absolute Gasteiger partial charge is 0.408 e. The van der Waals surface area contributed by atoms with Gasteiger partial charge in [0.15, 0.2) is 5.75 Å². The van der Waals surface area contributed by atoms with Crippen molar-refractivity contribution < 1.29 is 29.0 Å². The highest BCUT2D eigenvalue weighted by molar-refractivity contribution is 5.89. The molecule has 0 fully saturated rings. The SMILES string of the molecule is COc1cnn(C)c(=O)c1-c1ccc(C[C@H](NC(=O)[C@H](NC(=O)OC(C)(C)C)C(C)C)C(=O)O)cc1. The van der Waals surface area contributed by atoms with Gasteiger partial charge in [-0.05, 0) is 37.8 Å². The number of carboxylic acid groups (broad SMARTS) is 1. The number of aryl methyl sites for hydroxylation is 1. The third-order valence-electron chi connectivity index (χ3n) is 5.24. The maximum absolute atomic E-state index is 12.9. The predicted octanol–water partition coefficient (Wildman–Crippen LogP) is 2.12. The number of carboxylic acids is 1. The molecule has 3 N–H and O–H groups in total. The molecule has 11 heteroatoms. The van der Waals surface area contributed by atoms with E-state index in [1.165, 1.54) is 25.0 Å². The van der Waals surface area contributed by atoms with Gasteiger partial charge in [-0.1, -0.05) is 38.1 Å². The van der Waals surface area contributed by atoms with Gasteiger partial charge in [0.25, 0.3) is 5.56 Å². The molecule has 1 heterocycles. The number of hydrogen-bond acceptors (Lipinski definition) is 7. The molecule has 0 bridgehead atoms. The molecule has 1 aromatic carbocycles. The van der Waals surface area contributed by atoms with E-state index in [0.29, 0.717) is 22.4 Å². The quantitative estimate of drug-likeness (QED) is 0.472. The Balaban J connectivity index is 2.19. The van der Waals surface area contributed by atoms with Crippen LogP contribution in [0.4, 0.5) is 4.79 Å². The number of nitrogens with zero attached hydrogens (tertiary/aromatic N) is 2. The Morgan fingerprint density at radius 1 is 1.11 bits per heavy atom. The van der Waals surface area contributed by atoms with Gasteiger partial charge in [0.2, 0.25) is 5.91 Å². The second kappa shape index (κ2) is 11.7. The summed E-state index contributed by atoms with van der Waals surface area (Å²) in [6.45, 7) is 8.56. The number of methoxy groups -OCH3 is 1. The van der Waals surface area contributed by atoms with Gasteiger partial charge >= 0.3 is 12.1 Å². The first-order valence-electron chi connectivity index (χ1n) is 11.5. The molecule has 0 saturated carbocycles. The fraction of sp³-hybridized carbons (Fsp3) is 0.480. The zero-order valence-corrected chi connectivity index (χ0v) is 21.6. The summed E-state index contributed by atoms with van der Waals surface area (Å²) in [5, 5.41) is 18.7. The minimum atomic E-state index is -1.24. The van der Waals surface area contributed by atoms with E-state index in [4.69, 9.17) is 9.47 Å². The number of rotatable bonds is 9. The van der Waals surface area contributed by atoms with Gasteiger partial charge in [0.1, 0.15) is 17.7 Å². The number of carbonyl (C=O) groups excluding carboxylic acids is 2. The van der Waals surface area contributed by atoms with Crippen LogP contribution in [0.15, 0.2) is 35.3 Å². The van der Waals surface area contributed by atoms with E-state index < -0.39 is 35.7 Å². The van der Waals surface area contributed by atoms with Crippen LogP contribution in [0, 0.1) is 5.92 Å². The molecule has 2 amide bonds. The number of benzene rings is 1. The van der Waals surface area contributed by atoms with Gasteiger partial charge in [0, 0.05) is 13.5 Å². The van der Waals surface area contributed by atoms with Crippen LogP contribution in [0.5, 0.6) is 5.75 Å². The molecule has 0 unspecified atom stereocenters. The van der Waals surface area contributed by atoms with Crippen molar-refractivity contribution in [2.45, 2.75) is 58.7 Å². The molecular formula is C25H34N4O7. The van der Waals surface area contributed by atoms with Crippen molar-refractivity contribution in [3.05, 3.63) is 46.4 Å². The Kier molecular flexibility index (Phi) is 9.21. The average Bonchev–Trinajstić information content (AvgIpc) is 2.77. The van der Waals surface area contributed by atoms with Gasteiger partial charge < -0.3 is 25.2 Å². The summed E-state index contributed by atoms with van der Waals surface area (Å²) in [5.41, 5.74) is 0.448. The number of nitrogens with one attached hydrogen (secondary N) is 2. The zero-order chi connectivity index (χ0) is 27.2. The molecule has 0 aliphatic carbocycles. The molecule has 11 nitrogen and oxygen atoms in total. The van der Waals surface area contributed by atoms with Crippen molar-refractivity contribution in [3.8, 4) is 16.9 Å². The lowest BCUT2D eigenvalue weighted by molar-refractivity contribution is -0.142. The van der Waals surface area contributed by atoms with E-state index in [9.17, 15) is 24.3 Å². The van der Waals surface area contributed by atoms with Crippen LogP contribution >= 0.6 is 0 Å². The van der Waals surface area contributed by atoms with Crippen molar-refractivity contribution in [1.29, 1.82) is 0 Å². The van der Waals surface area contributed by atoms with Crippen LogP contribution in [0.25, 0.3) is 11.1 Å². The molecule has 0 aliphatic heterocycles. The molecule has 0 aliphatic rings. The van der Waals surface area contributed by atoms with Crippen LogP contribution in [0.3, 0.4) is 0 Å².